The Morgan fingerprint density at radius 3 is 2.93 bits per heavy atom. The number of nitrogens with zero attached hydrogens (tertiary/aromatic N) is 4. The van der Waals surface area contributed by atoms with Crippen LogP contribution in [0.2, 0.25) is 0 Å². The Hall–Kier alpha value is -2.04. The predicted octanol–water partition coefficient (Wildman–Crippen LogP) is 0.824. The molecule has 2 aromatic heterocycles. The average molecular weight is 187 g/mol. The van der Waals surface area contributed by atoms with Crippen molar-refractivity contribution in [3.8, 4) is 11.4 Å². The molecule has 5 heteroatoms. The van der Waals surface area contributed by atoms with Crippen molar-refractivity contribution in [3.63, 3.8) is 0 Å². The van der Waals surface area contributed by atoms with E-state index in [0.717, 1.165) is 11.3 Å². The minimum atomic E-state index is 0.160. The van der Waals surface area contributed by atoms with Crippen LogP contribution in [0.4, 0.5) is 5.95 Å². The van der Waals surface area contributed by atoms with Gasteiger partial charge in [0.1, 0.15) is 5.69 Å². The fraction of sp³-hybridized carbons (Fsp3) is 0.111. The van der Waals surface area contributed by atoms with Crippen molar-refractivity contribution < 1.29 is 0 Å². The van der Waals surface area contributed by atoms with Crippen molar-refractivity contribution in [2.45, 2.75) is 6.92 Å². The van der Waals surface area contributed by atoms with Gasteiger partial charge >= 0.3 is 0 Å². The molecule has 0 aromatic carbocycles. The number of hydrogen-bond donors (Lipinski definition) is 1. The fourth-order valence-corrected chi connectivity index (χ4v) is 1.19. The van der Waals surface area contributed by atoms with Gasteiger partial charge in [-0.15, -0.1) is 5.10 Å². The summed E-state index contributed by atoms with van der Waals surface area (Å²) < 4.78 is 0. The third kappa shape index (κ3) is 1.52. The van der Waals surface area contributed by atoms with E-state index >= 15 is 0 Å². The smallest absolute Gasteiger partial charge is 0.240 e. The maximum Gasteiger partial charge on any atom is 0.240 e. The molecule has 0 amide bonds. The van der Waals surface area contributed by atoms with Gasteiger partial charge < -0.3 is 5.73 Å². The van der Waals surface area contributed by atoms with Crippen LogP contribution >= 0.6 is 0 Å². The van der Waals surface area contributed by atoms with Crippen LogP contribution < -0.4 is 5.73 Å². The summed E-state index contributed by atoms with van der Waals surface area (Å²) >= 11 is 0. The predicted molar refractivity (Wildman–Crippen MR) is 52.2 cm³/mol. The molecule has 0 bridgehead atoms. The number of aryl methyl sites for hydroxylation is 1. The summed E-state index contributed by atoms with van der Waals surface area (Å²) in [6.45, 7) is 1.96. The molecular formula is C9H9N5. The van der Waals surface area contributed by atoms with Crippen LogP contribution in [0.5, 0.6) is 0 Å². The van der Waals surface area contributed by atoms with E-state index in [1.165, 1.54) is 0 Å². The summed E-state index contributed by atoms with van der Waals surface area (Å²) in [5, 5.41) is 7.31. The Morgan fingerprint density at radius 2 is 2.21 bits per heavy atom. The van der Waals surface area contributed by atoms with Crippen molar-refractivity contribution in [3.05, 3.63) is 30.1 Å². The second kappa shape index (κ2) is 3.37. The Balaban J connectivity index is 2.55. The lowest BCUT2D eigenvalue weighted by Crippen LogP contribution is -1.99. The lowest BCUT2D eigenvalue weighted by molar-refractivity contribution is 0.984. The number of pyridine rings is 1. The van der Waals surface area contributed by atoms with Gasteiger partial charge in [0.25, 0.3) is 0 Å². The molecule has 2 N–H and O–H groups in total. The SMILES string of the molecule is Cc1cccnc1-c1cnnc(N)n1. The molecule has 0 atom stereocenters. The molecule has 0 spiro atoms. The Labute approximate surface area is 81.0 Å². The molecule has 14 heavy (non-hydrogen) atoms. The zero-order valence-corrected chi connectivity index (χ0v) is 7.68. The number of hydrogen-bond acceptors (Lipinski definition) is 5. The zero-order chi connectivity index (χ0) is 9.97. The largest absolute Gasteiger partial charge is 0.366 e. The van der Waals surface area contributed by atoms with Crippen LogP contribution in [0.15, 0.2) is 24.5 Å². The van der Waals surface area contributed by atoms with Crippen molar-refractivity contribution in [1.29, 1.82) is 0 Å². The topological polar surface area (TPSA) is 77.6 Å². The molecule has 70 valence electrons. The maximum absolute atomic E-state index is 5.43. The highest BCUT2D eigenvalue weighted by Gasteiger charge is 2.04. The Bertz CT molecular complexity index is 454. The summed E-state index contributed by atoms with van der Waals surface area (Å²) in [6, 6.07) is 3.83. The number of nitrogens with two attached hydrogens (primary N) is 1. The van der Waals surface area contributed by atoms with E-state index in [1.807, 2.05) is 19.1 Å². The molecule has 0 aliphatic carbocycles. The zero-order valence-electron chi connectivity index (χ0n) is 7.68. The standard InChI is InChI=1S/C9H9N5/c1-6-3-2-4-11-8(6)7-5-12-14-9(10)13-7/h2-5H,1H3,(H2,10,13,14). The quantitative estimate of drug-likeness (QED) is 0.715. The van der Waals surface area contributed by atoms with Gasteiger partial charge in [0.05, 0.1) is 11.9 Å². The first-order chi connectivity index (χ1) is 6.77. The van der Waals surface area contributed by atoms with Crippen molar-refractivity contribution in [2.75, 3.05) is 5.73 Å². The average Bonchev–Trinajstić information content (AvgIpc) is 2.18. The first kappa shape index (κ1) is 8.55. The minimum Gasteiger partial charge on any atom is -0.366 e. The van der Waals surface area contributed by atoms with E-state index in [-0.39, 0.29) is 5.95 Å². The van der Waals surface area contributed by atoms with Gasteiger partial charge in [0, 0.05) is 6.20 Å². The number of anilines is 1. The fourth-order valence-electron chi connectivity index (χ4n) is 1.19. The first-order valence-electron chi connectivity index (χ1n) is 4.14. The number of rotatable bonds is 1. The van der Waals surface area contributed by atoms with Crippen LogP contribution in [0.1, 0.15) is 5.56 Å². The van der Waals surface area contributed by atoms with Crippen molar-refractivity contribution in [2.24, 2.45) is 0 Å². The summed E-state index contributed by atoms with van der Waals surface area (Å²) in [5.74, 6) is 0.160. The third-order valence-electron chi connectivity index (χ3n) is 1.83. The molecule has 0 aliphatic rings. The van der Waals surface area contributed by atoms with E-state index in [2.05, 4.69) is 20.2 Å². The lowest BCUT2D eigenvalue weighted by atomic mass is 10.2. The molecule has 0 aliphatic heterocycles. The van der Waals surface area contributed by atoms with E-state index in [4.69, 9.17) is 5.73 Å². The van der Waals surface area contributed by atoms with Gasteiger partial charge in [-0.05, 0) is 18.6 Å². The van der Waals surface area contributed by atoms with Crippen molar-refractivity contribution in [1.82, 2.24) is 20.2 Å². The summed E-state index contributed by atoms with van der Waals surface area (Å²) in [5.41, 5.74) is 7.90. The highest BCUT2D eigenvalue weighted by atomic mass is 15.2. The second-order valence-corrected chi connectivity index (χ2v) is 2.87. The summed E-state index contributed by atoms with van der Waals surface area (Å²) in [6.07, 6.45) is 3.26. The highest BCUT2D eigenvalue weighted by molar-refractivity contribution is 5.57. The van der Waals surface area contributed by atoms with E-state index < -0.39 is 0 Å². The molecule has 0 saturated carbocycles. The maximum atomic E-state index is 5.43. The van der Waals surface area contributed by atoms with E-state index in [1.54, 1.807) is 12.4 Å². The van der Waals surface area contributed by atoms with Gasteiger partial charge in [-0.2, -0.15) is 5.10 Å². The number of aromatic nitrogens is 4. The summed E-state index contributed by atoms with van der Waals surface area (Å²) in [4.78, 5) is 8.25. The summed E-state index contributed by atoms with van der Waals surface area (Å²) in [7, 11) is 0. The van der Waals surface area contributed by atoms with Crippen LogP contribution in [0.25, 0.3) is 11.4 Å². The van der Waals surface area contributed by atoms with E-state index in [9.17, 15) is 0 Å². The lowest BCUT2D eigenvalue weighted by Gasteiger charge is -2.02. The molecule has 0 radical (unpaired) electrons. The van der Waals surface area contributed by atoms with Crippen molar-refractivity contribution >= 4 is 5.95 Å². The molecule has 5 nitrogen and oxygen atoms in total. The molecule has 2 heterocycles. The Morgan fingerprint density at radius 1 is 1.36 bits per heavy atom. The van der Waals surface area contributed by atoms with Gasteiger partial charge in [-0.1, -0.05) is 6.07 Å². The van der Waals surface area contributed by atoms with Gasteiger partial charge in [-0.3, -0.25) is 4.98 Å². The molecular weight excluding hydrogens is 178 g/mol. The highest BCUT2D eigenvalue weighted by Crippen LogP contribution is 2.16. The van der Waals surface area contributed by atoms with Crippen LogP contribution in [-0.2, 0) is 0 Å². The van der Waals surface area contributed by atoms with Gasteiger partial charge in [0.2, 0.25) is 5.95 Å². The third-order valence-corrected chi connectivity index (χ3v) is 1.83. The molecule has 0 saturated heterocycles. The molecule has 2 rings (SSSR count). The first-order valence-corrected chi connectivity index (χ1v) is 4.14. The second-order valence-electron chi connectivity index (χ2n) is 2.87. The van der Waals surface area contributed by atoms with Crippen LogP contribution in [0, 0.1) is 6.92 Å². The van der Waals surface area contributed by atoms with Crippen LogP contribution in [0.3, 0.4) is 0 Å². The number of nitrogen functional groups attached to an aromatic ring is 1. The monoisotopic (exact) mass is 187 g/mol. The minimum absolute atomic E-state index is 0.160. The normalized spacial score (nSPS) is 10.1. The van der Waals surface area contributed by atoms with E-state index in [0.29, 0.717) is 5.69 Å². The Kier molecular flexibility index (Phi) is 2.06. The van der Waals surface area contributed by atoms with Gasteiger partial charge in [-0.25, -0.2) is 4.98 Å². The molecule has 0 fully saturated rings. The molecule has 0 unspecified atom stereocenters. The van der Waals surface area contributed by atoms with Gasteiger partial charge in [0.15, 0.2) is 0 Å². The van der Waals surface area contributed by atoms with Crippen LogP contribution in [-0.4, -0.2) is 20.2 Å². The molecule has 2 aromatic rings.